The van der Waals surface area contributed by atoms with Crippen LogP contribution in [0.15, 0.2) is 0 Å². The van der Waals surface area contributed by atoms with E-state index in [1.165, 1.54) is 0 Å². The maximum Gasteiger partial charge on any atom is 0.514 e. The molecule has 0 aliphatic rings. The van der Waals surface area contributed by atoms with Crippen molar-refractivity contribution in [2.24, 2.45) is 0 Å². The molecule has 0 aromatic carbocycles. The maximum atomic E-state index is 5.71. The van der Waals surface area contributed by atoms with Gasteiger partial charge in [-0.2, -0.15) is 25.3 Å². The van der Waals surface area contributed by atoms with Gasteiger partial charge in [0, 0.05) is 19.8 Å². The van der Waals surface area contributed by atoms with Crippen molar-refractivity contribution in [3.63, 3.8) is 0 Å². The van der Waals surface area contributed by atoms with Crippen molar-refractivity contribution in [2.75, 3.05) is 25.6 Å². The fraction of sp³-hybridized carbons (Fsp3) is 1.00. The summed E-state index contributed by atoms with van der Waals surface area (Å²) in [6, 6.07) is 0. The van der Waals surface area contributed by atoms with Crippen molar-refractivity contribution in [1.29, 1.82) is 0 Å². The van der Waals surface area contributed by atoms with E-state index in [0.717, 1.165) is 12.2 Å². The van der Waals surface area contributed by atoms with Crippen LogP contribution >= 0.6 is 25.3 Å². The van der Waals surface area contributed by atoms with Crippen LogP contribution in [0.2, 0.25) is 0 Å². The molecule has 0 aliphatic carbocycles. The second-order valence-electron chi connectivity index (χ2n) is 2.93. The van der Waals surface area contributed by atoms with Crippen molar-refractivity contribution in [3.05, 3.63) is 0 Å². The van der Waals surface area contributed by atoms with E-state index in [-0.39, 0.29) is 4.87 Å². The number of thiol groups is 2. The average Bonchev–Trinajstić information content (AvgIpc) is 2.19. The predicted octanol–water partition coefficient (Wildman–Crippen LogP) is 2.19. The first kappa shape index (κ1) is 15.8. The van der Waals surface area contributed by atoms with E-state index in [0.29, 0.717) is 19.8 Å². The van der Waals surface area contributed by atoms with E-state index in [9.17, 15) is 0 Å². The smallest absolute Gasteiger partial charge is 0.373 e. The van der Waals surface area contributed by atoms with Crippen LogP contribution in [0.3, 0.4) is 0 Å². The Morgan fingerprint density at radius 1 is 1.00 bits per heavy atom. The van der Waals surface area contributed by atoms with Gasteiger partial charge in [-0.15, -0.1) is 0 Å². The molecule has 0 saturated heterocycles. The summed E-state index contributed by atoms with van der Waals surface area (Å²) in [6.45, 7) is 7.62. The fourth-order valence-corrected chi connectivity index (χ4v) is 5.35. The quantitative estimate of drug-likeness (QED) is 0.497. The van der Waals surface area contributed by atoms with Gasteiger partial charge in [-0.1, -0.05) is 0 Å². The molecule has 0 aromatic heterocycles. The zero-order valence-corrected chi connectivity index (χ0v) is 12.5. The third-order valence-electron chi connectivity index (χ3n) is 1.85. The molecule has 0 rings (SSSR count). The summed E-state index contributed by atoms with van der Waals surface area (Å²) in [7, 11) is -2.60. The summed E-state index contributed by atoms with van der Waals surface area (Å²) >= 11 is 8.73. The SMILES string of the molecule is CCO[Si](OCC)(OCC)C(S)CCS. The van der Waals surface area contributed by atoms with E-state index in [1.807, 2.05) is 20.8 Å². The van der Waals surface area contributed by atoms with Gasteiger partial charge in [0.2, 0.25) is 0 Å². The van der Waals surface area contributed by atoms with Gasteiger partial charge in [0.1, 0.15) is 0 Å². The van der Waals surface area contributed by atoms with Crippen LogP contribution in [0, 0.1) is 0 Å². The minimum absolute atomic E-state index is 0.00912. The van der Waals surface area contributed by atoms with Gasteiger partial charge in [-0.05, 0) is 32.9 Å². The van der Waals surface area contributed by atoms with Crippen molar-refractivity contribution in [2.45, 2.75) is 32.1 Å². The molecule has 3 nitrogen and oxygen atoms in total. The second kappa shape index (κ2) is 8.89. The van der Waals surface area contributed by atoms with Gasteiger partial charge < -0.3 is 13.3 Å². The minimum atomic E-state index is -2.60. The Morgan fingerprint density at radius 3 is 1.67 bits per heavy atom. The Labute approximate surface area is 105 Å². The molecule has 6 heteroatoms. The van der Waals surface area contributed by atoms with Crippen molar-refractivity contribution in [1.82, 2.24) is 0 Å². The summed E-state index contributed by atoms with van der Waals surface area (Å²) in [5.74, 6) is 0.760. The van der Waals surface area contributed by atoms with Gasteiger partial charge >= 0.3 is 8.80 Å². The highest BCUT2D eigenvalue weighted by Crippen LogP contribution is 2.22. The summed E-state index contributed by atoms with van der Waals surface area (Å²) in [5, 5.41) is 0. The molecule has 0 aliphatic heterocycles. The molecule has 0 heterocycles. The topological polar surface area (TPSA) is 27.7 Å². The largest absolute Gasteiger partial charge is 0.514 e. The Hall–Kier alpha value is 0.797. The van der Waals surface area contributed by atoms with Gasteiger partial charge in [0.05, 0.1) is 4.87 Å². The third kappa shape index (κ3) is 5.10. The molecule has 0 amide bonds. The summed E-state index contributed by atoms with van der Waals surface area (Å²) in [4.78, 5) is 0.00912. The first-order chi connectivity index (χ1) is 7.16. The fourth-order valence-electron chi connectivity index (χ4n) is 1.32. The lowest BCUT2D eigenvalue weighted by atomic mass is 10.6. The minimum Gasteiger partial charge on any atom is -0.373 e. The molecular formula is C9H22O3S2Si. The number of hydrogen-bond acceptors (Lipinski definition) is 5. The second-order valence-corrected chi connectivity index (χ2v) is 7.26. The molecule has 0 spiro atoms. The maximum absolute atomic E-state index is 5.71. The lowest BCUT2D eigenvalue weighted by molar-refractivity contribution is 0.0694. The Morgan fingerprint density at radius 2 is 1.40 bits per heavy atom. The van der Waals surface area contributed by atoms with Crippen molar-refractivity contribution >= 4 is 34.1 Å². The van der Waals surface area contributed by atoms with Crippen LogP contribution in [0.5, 0.6) is 0 Å². The molecule has 15 heavy (non-hydrogen) atoms. The average molecular weight is 270 g/mol. The van der Waals surface area contributed by atoms with Crippen LogP contribution in [0.25, 0.3) is 0 Å². The molecule has 1 atom stereocenters. The van der Waals surface area contributed by atoms with Crippen LogP contribution < -0.4 is 0 Å². The first-order valence-electron chi connectivity index (χ1n) is 5.37. The lowest BCUT2D eigenvalue weighted by Crippen LogP contribution is -2.54. The lowest BCUT2D eigenvalue weighted by Gasteiger charge is -2.32. The highest BCUT2D eigenvalue weighted by molar-refractivity contribution is 7.83. The number of rotatable bonds is 9. The summed E-state index contributed by atoms with van der Waals surface area (Å²) in [5.41, 5.74) is 0. The normalized spacial score (nSPS) is 14.2. The number of hydrogen-bond donors (Lipinski definition) is 2. The molecular weight excluding hydrogens is 248 g/mol. The van der Waals surface area contributed by atoms with Crippen LogP contribution in [0.4, 0.5) is 0 Å². The van der Waals surface area contributed by atoms with E-state index in [2.05, 4.69) is 25.3 Å². The molecule has 0 N–H and O–H groups in total. The highest BCUT2D eigenvalue weighted by atomic mass is 32.1. The van der Waals surface area contributed by atoms with E-state index in [4.69, 9.17) is 13.3 Å². The predicted molar refractivity (Wildman–Crippen MR) is 71.9 cm³/mol. The summed E-state index contributed by atoms with van der Waals surface area (Å²) in [6.07, 6.45) is 0.832. The van der Waals surface area contributed by atoms with Crippen molar-refractivity contribution < 1.29 is 13.3 Å². The zero-order chi connectivity index (χ0) is 11.7. The Bertz CT molecular complexity index is 143. The highest BCUT2D eigenvalue weighted by Gasteiger charge is 2.47. The molecule has 0 radical (unpaired) electrons. The molecule has 0 aromatic rings. The summed E-state index contributed by atoms with van der Waals surface area (Å²) < 4.78 is 17.1. The van der Waals surface area contributed by atoms with Gasteiger partial charge in [0.15, 0.2) is 0 Å². The van der Waals surface area contributed by atoms with E-state index in [1.54, 1.807) is 0 Å². The molecule has 92 valence electrons. The van der Waals surface area contributed by atoms with Crippen LogP contribution in [0.1, 0.15) is 27.2 Å². The zero-order valence-electron chi connectivity index (χ0n) is 9.73. The van der Waals surface area contributed by atoms with E-state index < -0.39 is 8.80 Å². The van der Waals surface area contributed by atoms with Crippen LogP contribution in [-0.2, 0) is 13.3 Å². The first-order valence-corrected chi connectivity index (χ1v) is 8.32. The Kier molecular flexibility index (Phi) is 9.37. The monoisotopic (exact) mass is 270 g/mol. The molecule has 0 bridgehead atoms. The third-order valence-corrected chi connectivity index (χ3v) is 6.49. The molecule has 1 unspecified atom stereocenters. The standard InChI is InChI=1S/C9H22O3S2Si/c1-4-10-15(11-5-2,12-6-3)9(14)7-8-13/h9,13-14H,4-8H2,1-3H3. The van der Waals surface area contributed by atoms with Crippen molar-refractivity contribution in [3.8, 4) is 0 Å². The van der Waals surface area contributed by atoms with Crippen LogP contribution in [-0.4, -0.2) is 39.3 Å². The van der Waals surface area contributed by atoms with Gasteiger partial charge in [-0.3, -0.25) is 0 Å². The molecule has 0 saturated carbocycles. The van der Waals surface area contributed by atoms with E-state index >= 15 is 0 Å². The van der Waals surface area contributed by atoms with Gasteiger partial charge in [-0.25, -0.2) is 0 Å². The van der Waals surface area contributed by atoms with Gasteiger partial charge in [0.25, 0.3) is 0 Å². The Balaban J connectivity index is 4.57. The molecule has 0 fully saturated rings.